The molecule has 0 saturated carbocycles. The largest absolute Gasteiger partial charge is 0.326 e. The van der Waals surface area contributed by atoms with Crippen molar-refractivity contribution in [2.24, 2.45) is 5.73 Å². The van der Waals surface area contributed by atoms with Gasteiger partial charge in [-0.25, -0.2) is 0 Å². The van der Waals surface area contributed by atoms with Crippen molar-refractivity contribution in [2.45, 2.75) is 6.54 Å². The van der Waals surface area contributed by atoms with Gasteiger partial charge >= 0.3 is 0 Å². The molecule has 0 radical (unpaired) electrons. The van der Waals surface area contributed by atoms with Crippen LogP contribution in [0.2, 0.25) is 5.02 Å². The maximum absolute atomic E-state index is 5.80. The molecule has 0 spiro atoms. The summed E-state index contributed by atoms with van der Waals surface area (Å²) in [6, 6.07) is 7.57. The third-order valence-electron chi connectivity index (χ3n) is 2.07. The van der Waals surface area contributed by atoms with E-state index in [2.05, 4.69) is 10.2 Å². The Morgan fingerprint density at radius 1 is 1.12 bits per heavy atom. The first-order chi connectivity index (χ1) is 6.81. The molecule has 1 aromatic heterocycles. The number of halogens is 4. The third-order valence-corrected chi connectivity index (χ3v) is 2.32. The third kappa shape index (κ3) is 4.37. The highest BCUT2D eigenvalue weighted by Gasteiger charge is 2.05. The average molecular weight is 317 g/mol. The van der Waals surface area contributed by atoms with E-state index >= 15 is 0 Å². The Labute approximate surface area is 123 Å². The van der Waals surface area contributed by atoms with Gasteiger partial charge in [-0.15, -0.1) is 37.2 Å². The van der Waals surface area contributed by atoms with Crippen molar-refractivity contribution in [3.63, 3.8) is 0 Å². The highest BCUT2D eigenvalue weighted by Crippen LogP contribution is 2.22. The summed E-state index contributed by atoms with van der Waals surface area (Å²) in [4.78, 5) is 0. The molecule has 0 aliphatic rings. The molecule has 2 aromatic rings. The molecular formula is C10H13Cl4N3. The Bertz CT molecular complexity index is 427. The average Bonchev–Trinajstić information content (AvgIpc) is 2.67. The lowest BCUT2D eigenvalue weighted by atomic mass is 10.1. The minimum atomic E-state index is 0. The SMILES string of the molecule is Cl.Cl.Cl.NCc1cn[nH]c1-c1ccc(Cl)cc1. The van der Waals surface area contributed by atoms with Crippen molar-refractivity contribution in [2.75, 3.05) is 0 Å². The molecular weight excluding hydrogens is 304 g/mol. The molecule has 1 heterocycles. The standard InChI is InChI=1S/C10H10ClN3.3ClH/c11-9-3-1-7(2-4-9)10-8(5-12)6-13-14-10;;;/h1-4,6H,5,12H2,(H,13,14);3*1H. The van der Waals surface area contributed by atoms with Crippen LogP contribution in [-0.2, 0) is 6.54 Å². The molecule has 0 saturated heterocycles. The van der Waals surface area contributed by atoms with Gasteiger partial charge in [0.05, 0.1) is 11.9 Å². The van der Waals surface area contributed by atoms with E-state index in [1.165, 1.54) is 0 Å². The van der Waals surface area contributed by atoms with Gasteiger partial charge in [-0.05, 0) is 17.7 Å². The number of rotatable bonds is 2. The smallest absolute Gasteiger partial charge is 0.0695 e. The van der Waals surface area contributed by atoms with E-state index in [9.17, 15) is 0 Å². The monoisotopic (exact) mass is 315 g/mol. The van der Waals surface area contributed by atoms with Crippen molar-refractivity contribution in [1.29, 1.82) is 0 Å². The Balaban J connectivity index is 0. The summed E-state index contributed by atoms with van der Waals surface area (Å²) >= 11 is 5.80. The fraction of sp³-hybridized carbons (Fsp3) is 0.100. The maximum atomic E-state index is 5.80. The van der Waals surface area contributed by atoms with Crippen LogP contribution in [-0.4, -0.2) is 10.2 Å². The number of nitrogens with zero attached hydrogens (tertiary/aromatic N) is 1. The molecule has 0 aliphatic heterocycles. The minimum absolute atomic E-state index is 0. The van der Waals surface area contributed by atoms with Crippen molar-refractivity contribution < 1.29 is 0 Å². The van der Waals surface area contributed by atoms with Crippen LogP contribution in [0.5, 0.6) is 0 Å². The van der Waals surface area contributed by atoms with E-state index in [4.69, 9.17) is 17.3 Å². The van der Waals surface area contributed by atoms with Gasteiger partial charge in [0.1, 0.15) is 0 Å². The fourth-order valence-corrected chi connectivity index (χ4v) is 1.46. The molecule has 0 unspecified atom stereocenters. The van der Waals surface area contributed by atoms with Gasteiger partial charge in [0.25, 0.3) is 0 Å². The van der Waals surface area contributed by atoms with Gasteiger partial charge in [-0.1, -0.05) is 23.7 Å². The summed E-state index contributed by atoms with van der Waals surface area (Å²) in [7, 11) is 0. The first kappa shape index (κ1) is 18.9. The number of hydrogen-bond donors (Lipinski definition) is 2. The summed E-state index contributed by atoms with van der Waals surface area (Å²) in [5, 5.41) is 7.60. The fourth-order valence-electron chi connectivity index (χ4n) is 1.33. The van der Waals surface area contributed by atoms with Gasteiger partial charge in [-0.2, -0.15) is 5.10 Å². The normalized spacial score (nSPS) is 8.59. The van der Waals surface area contributed by atoms with E-state index in [0.717, 1.165) is 21.8 Å². The molecule has 3 N–H and O–H groups in total. The Morgan fingerprint density at radius 3 is 2.24 bits per heavy atom. The first-order valence-corrected chi connectivity index (χ1v) is 4.67. The van der Waals surface area contributed by atoms with Crippen LogP contribution in [0.1, 0.15) is 5.56 Å². The van der Waals surface area contributed by atoms with Gasteiger partial charge in [-0.3, -0.25) is 5.10 Å². The second-order valence-corrected chi connectivity index (χ2v) is 3.42. The van der Waals surface area contributed by atoms with Crippen LogP contribution in [0.15, 0.2) is 30.5 Å². The molecule has 0 fully saturated rings. The molecule has 0 aliphatic carbocycles. The molecule has 2 rings (SSSR count). The van der Waals surface area contributed by atoms with Gasteiger partial charge in [0.2, 0.25) is 0 Å². The van der Waals surface area contributed by atoms with Crippen LogP contribution in [0, 0.1) is 0 Å². The zero-order chi connectivity index (χ0) is 9.97. The summed E-state index contributed by atoms with van der Waals surface area (Å²) in [5.74, 6) is 0. The van der Waals surface area contributed by atoms with E-state index < -0.39 is 0 Å². The minimum Gasteiger partial charge on any atom is -0.326 e. The van der Waals surface area contributed by atoms with Crippen molar-refractivity contribution in [3.8, 4) is 11.3 Å². The molecule has 0 amide bonds. The molecule has 1 aromatic carbocycles. The molecule has 96 valence electrons. The first-order valence-electron chi connectivity index (χ1n) is 4.29. The van der Waals surface area contributed by atoms with Gasteiger partial charge in [0, 0.05) is 17.1 Å². The lowest BCUT2D eigenvalue weighted by Crippen LogP contribution is -1.96. The van der Waals surface area contributed by atoms with Crippen LogP contribution < -0.4 is 5.73 Å². The number of nitrogens with one attached hydrogen (secondary N) is 1. The molecule has 0 bridgehead atoms. The number of hydrogen-bond acceptors (Lipinski definition) is 2. The lowest BCUT2D eigenvalue weighted by molar-refractivity contribution is 1.08. The Kier molecular flexibility index (Phi) is 9.58. The number of nitrogens with two attached hydrogens (primary N) is 1. The van der Waals surface area contributed by atoms with Crippen LogP contribution in [0.3, 0.4) is 0 Å². The quantitative estimate of drug-likeness (QED) is 0.891. The van der Waals surface area contributed by atoms with E-state index in [1.54, 1.807) is 6.20 Å². The second-order valence-electron chi connectivity index (χ2n) is 2.98. The topological polar surface area (TPSA) is 54.7 Å². The van der Waals surface area contributed by atoms with Crippen LogP contribution >= 0.6 is 48.8 Å². The van der Waals surface area contributed by atoms with E-state index in [1.807, 2.05) is 24.3 Å². The molecule has 7 heteroatoms. The number of aromatic amines is 1. The van der Waals surface area contributed by atoms with Crippen LogP contribution in [0.4, 0.5) is 0 Å². The maximum Gasteiger partial charge on any atom is 0.0695 e. The number of H-pyrrole nitrogens is 1. The second kappa shape index (κ2) is 8.61. The lowest BCUT2D eigenvalue weighted by Gasteiger charge is -2.00. The van der Waals surface area contributed by atoms with E-state index in [-0.39, 0.29) is 37.2 Å². The van der Waals surface area contributed by atoms with Crippen LogP contribution in [0.25, 0.3) is 11.3 Å². The highest BCUT2D eigenvalue weighted by atomic mass is 35.5. The van der Waals surface area contributed by atoms with Gasteiger partial charge in [0.15, 0.2) is 0 Å². The molecule has 0 atom stereocenters. The Hall–Kier alpha value is -0.450. The van der Waals surface area contributed by atoms with E-state index in [0.29, 0.717) is 6.54 Å². The molecule has 3 nitrogen and oxygen atoms in total. The highest BCUT2D eigenvalue weighted by molar-refractivity contribution is 6.30. The Morgan fingerprint density at radius 2 is 1.71 bits per heavy atom. The van der Waals surface area contributed by atoms with Crippen molar-refractivity contribution >= 4 is 48.8 Å². The summed E-state index contributed by atoms with van der Waals surface area (Å²) in [6.07, 6.45) is 1.74. The van der Waals surface area contributed by atoms with Crippen molar-refractivity contribution in [1.82, 2.24) is 10.2 Å². The summed E-state index contributed by atoms with van der Waals surface area (Å²) in [6.45, 7) is 0.481. The summed E-state index contributed by atoms with van der Waals surface area (Å²) in [5.41, 5.74) is 8.59. The van der Waals surface area contributed by atoms with Gasteiger partial charge < -0.3 is 5.73 Å². The number of aromatic nitrogens is 2. The zero-order valence-electron chi connectivity index (χ0n) is 8.72. The summed E-state index contributed by atoms with van der Waals surface area (Å²) < 4.78 is 0. The number of benzene rings is 1. The predicted octanol–water partition coefficient (Wildman–Crippen LogP) is 3.45. The van der Waals surface area contributed by atoms with Crippen molar-refractivity contribution in [3.05, 3.63) is 41.0 Å². The predicted molar refractivity (Wildman–Crippen MR) is 78.7 cm³/mol. The zero-order valence-corrected chi connectivity index (χ0v) is 11.9. The molecule has 17 heavy (non-hydrogen) atoms.